The average molecular weight is 446 g/mol. The number of nitrogens with zero attached hydrogens (tertiary/aromatic N) is 3. The number of anilines is 1. The van der Waals surface area contributed by atoms with Gasteiger partial charge in [0.15, 0.2) is 6.10 Å². The normalized spacial score (nSPS) is 15.4. The van der Waals surface area contributed by atoms with Gasteiger partial charge < -0.3 is 9.64 Å². The lowest BCUT2D eigenvalue weighted by Crippen LogP contribution is -2.45. The maximum Gasteiger partial charge on any atom is 0.268 e. The molecule has 0 aliphatic carbocycles. The van der Waals surface area contributed by atoms with Crippen molar-refractivity contribution in [3.63, 3.8) is 0 Å². The van der Waals surface area contributed by atoms with E-state index in [1.165, 1.54) is 17.4 Å². The molecule has 1 aliphatic heterocycles. The fraction of sp³-hybridized carbons (Fsp3) is 0.160. The number of pyridine rings is 1. The third-order valence-electron chi connectivity index (χ3n) is 5.40. The summed E-state index contributed by atoms with van der Waals surface area (Å²) in [5, 5.41) is 2.78. The minimum atomic E-state index is -0.588. The minimum absolute atomic E-state index is 0.137. The Balaban J connectivity index is 1.53. The van der Waals surface area contributed by atoms with E-state index in [4.69, 9.17) is 9.72 Å². The zero-order valence-corrected chi connectivity index (χ0v) is 18.2. The van der Waals surface area contributed by atoms with Crippen molar-refractivity contribution in [3.05, 3.63) is 83.6 Å². The van der Waals surface area contributed by atoms with Crippen LogP contribution in [0.3, 0.4) is 0 Å². The molecule has 0 bridgehead atoms. The van der Waals surface area contributed by atoms with Crippen LogP contribution in [-0.2, 0) is 11.3 Å². The highest BCUT2D eigenvalue weighted by atomic mass is 32.1. The molecule has 0 fully saturated rings. The van der Waals surface area contributed by atoms with Gasteiger partial charge in [0.1, 0.15) is 16.6 Å². The highest BCUT2D eigenvalue weighted by Gasteiger charge is 2.34. The van der Waals surface area contributed by atoms with Crippen molar-refractivity contribution >= 4 is 22.9 Å². The van der Waals surface area contributed by atoms with Gasteiger partial charge in [0.05, 0.1) is 23.6 Å². The zero-order chi connectivity index (χ0) is 22.1. The summed E-state index contributed by atoms with van der Waals surface area (Å²) in [6.07, 6.45) is 1.69. The quantitative estimate of drug-likeness (QED) is 0.395. The molecule has 2 aromatic carbocycles. The van der Waals surface area contributed by atoms with E-state index < -0.39 is 6.10 Å². The highest BCUT2D eigenvalue weighted by Crippen LogP contribution is 2.39. The summed E-state index contributed by atoms with van der Waals surface area (Å²) < 4.78 is 20.3. The molecule has 5 rings (SSSR count). The largest absolute Gasteiger partial charge is 0.478 e. The molecule has 32 heavy (non-hydrogen) atoms. The summed E-state index contributed by atoms with van der Waals surface area (Å²) >= 11 is 1.51. The first-order chi connectivity index (χ1) is 15.6. The molecule has 1 aliphatic rings. The van der Waals surface area contributed by atoms with Gasteiger partial charge in [0.25, 0.3) is 5.91 Å². The second kappa shape index (κ2) is 8.51. The van der Waals surface area contributed by atoms with Crippen LogP contribution < -0.4 is 9.64 Å². The second-order valence-electron chi connectivity index (χ2n) is 7.47. The molecule has 1 amide bonds. The molecule has 0 saturated carbocycles. The Morgan fingerprint density at radius 1 is 1.09 bits per heavy atom. The molecule has 4 aromatic rings. The number of thiazole rings is 1. The maximum atomic E-state index is 14.4. The lowest BCUT2D eigenvalue weighted by atomic mass is 10.1. The Hall–Kier alpha value is -3.58. The molecule has 0 spiro atoms. The summed E-state index contributed by atoms with van der Waals surface area (Å²) in [6.45, 7) is 2.04. The lowest BCUT2D eigenvalue weighted by Gasteiger charge is -2.34. The summed E-state index contributed by atoms with van der Waals surface area (Å²) in [7, 11) is 0. The molecule has 3 heterocycles. The number of aromatic nitrogens is 2. The fourth-order valence-electron chi connectivity index (χ4n) is 3.71. The number of rotatable bonds is 5. The van der Waals surface area contributed by atoms with Crippen molar-refractivity contribution in [2.75, 3.05) is 4.90 Å². The molecule has 0 radical (unpaired) electrons. The Kier molecular flexibility index (Phi) is 5.41. The van der Waals surface area contributed by atoms with Gasteiger partial charge in [0, 0.05) is 22.7 Å². The van der Waals surface area contributed by atoms with Crippen LogP contribution in [0.25, 0.3) is 22.0 Å². The SMILES string of the molecule is CCC1Oc2ccc(-c3csc(-c4ccccn4)n3)cc2N(Cc2ccccc2F)C1=O. The smallest absolute Gasteiger partial charge is 0.268 e. The van der Waals surface area contributed by atoms with Crippen LogP contribution in [0.2, 0.25) is 0 Å². The molecule has 5 nitrogen and oxygen atoms in total. The number of halogens is 1. The molecular weight excluding hydrogens is 425 g/mol. The first kappa shape index (κ1) is 20.3. The first-order valence-corrected chi connectivity index (χ1v) is 11.2. The van der Waals surface area contributed by atoms with Gasteiger partial charge in [-0.05, 0) is 42.8 Å². The number of fused-ring (bicyclic) bond motifs is 1. The third kappa shape index (κ3) is 3.76. The van der Waals surface area contributed by atoms with E-state index in [2.05, 4.69) is 4.98 Å². The Labute approximate surface area is 189 Å². The first-order valence-electron chi connectivity index (χ1n) is 10.4. The zero-order valence-electron chi connectivity index (χ0n) is 17.4. The van der Waals surface area contributed by atoms with Crippen LogP contribution in [0.1, 0.15) is 18.9 Å². The van der Waals surface area contributed by atoms with E-state index in [9.17, 15) is 9.18 Å². The molecule has 1 unspecified atom stereocenters. The van der Waals surface area contributed by atoms with Crippen LogP contribution in [-0.4, -0.2) is 22.0 Å². The van der Waals surface area contributed by atoms with E-state index in [1.807, 2.05) is 48.7 Å². The third-order valence-corrected chi connectivity index (χ3v) is 6.27. The number of amides is 1. The number of hydrogen-bond donors (Lipinski definition) is 0. The molecule has 160 valence electrons. The highest BCUT2D eigenvalue weighted by molar-refractivity contribution is 7.13. The number of hydrogen-bond acceptors (Lipinski definition) is 5. The van der Waals surface area contributed by atoms with Crippen LogP contribution in [0.5, 0.6) is 5.75 Å². The van der Waals surface area contributed by atoms with Crippen molar-refractivity contribution in [1.82, 2.24) is 9.97 Å². The lowest BCUT2D eigenvalue weighted by molar-refractivity contribution is -0.126. The van der Waals surface area contributed by atoms with Crippen molar-refractivity contribution in [2.45, 2.75) is 26.0 Å². The molecule has 1 atom stereocenters. The summed E-state index contributed by atoms with van der Waals surface area (Å²) in [5.74, 6) is 0.0987. The summed E-state index contributed by atoms with van der Waals surface area (Å²) in [4.78, 5) is 23.8. The van der Waals surface area contributed by atoms with Gasteiger partial charge in [-0.1, -0.05) is 31.2 Å². The van der Waals surface area contributed by atoms with Gasteiger partial charge in [-0.3, -0.25) is 9.78 Å². The number of carbonyl (C=O) groups is 1. The van der Waals surface area contributed by atoms with E-state index in [1.54, 1.807) is 29.3 Å². The van der Waals surface area contributed by atoms with Crippen molar-refractivity contribution in [1.29, 1.82) is 0 Å². The Morgan fingerprint density at radius 3 is 2.72 bits per heavy atom. The number of ether oxygens (including phenoxy) is 1. The van der Waals surface area contributed by atoms with Crippen LogP contribution in [0.4, 0.5) is 10.1 Å². The maximum absolute atomic E-state index is 14.4. The van der Waals surface area contributed by atoms with Crippen LogP contribution >= 0.6 is 11.3 Å². The molecule has 2 aromatic heterocycles. The van der Waals surface area contributed by atoms with Gasteiger partial charge >= 0.3 is 0 Å². The summed E-state index contributed by atoms with van der Waals surface area (Å²) in [5.41, 5.74) is 3.53. The van der Waals surface area contributed by atoms with Gasteiger partial charge in [0.2, 0.25) is 0 Å². The second-order valence-corrected chi connectivity index (χ2v) is 8.32. The van der Waals surface area contributed by atoms with Crippen molar-refractivity contribution in [2.24, 2.45) is 0 Å². The summed E-state index contributed by atoms with van der Waals surface area (Å²) in [6, 6.07) is 17.9. The molecule has 0 N–H and O–H groups in total. The van der Waals surface area contributed by atoms with Crippen molar-refractivity contribution in [3.8, 4) is 27.7 Å². The predicted molar refractivity (Wildman–Crippen MR) is 123 cm³/mol. The average Bonchev–Trinajstić information content (AvgIpc) is 3.32. The van der Waals surface area contributed by atoms with Crippen LogP contribution in [0.15, 0.2) is 72.2 Å². The topological polar surface area (TPSA) is 55.3 Å². The van der Waals surface area contributed by atoms with Crippen molar-refractivity contribution < 1.29 is 13.9 Å². The fourth-order valence-corrected chi connectivity index (χ4v) is 4.52. The number of benzene rings is 2. The Bertz CT molecular complexity index is 1280. The van der Waals surface area contributed by atoms with Gasteiger partial charge in [-0.15, -0.1) is 11.3 Å². The van der Waals surface area contributed by atoms with Gasteiger partial charge in [-0.2, -0.15) is 0 Å². The van der Waals surface area contributed by atoms with Crippen LogP contribution in [0, 0.1) is 5.82 Å². The van der Waals surface area contributed by atoms with E-state index in [0.29, 0.717) is 23.4 Å². The number of carbonyl (C=O) groups excluding carboxylic acids is 1. The molecule has 0 saturated heterocycles. The monoisotopic (exact) mass is 445 g/mol. The predicted octanol–water partition coefficient (Wildman–Crippen LogP) is 5.72. The minimum Gasteiger partial charge on any atom is -0.478 e. The van der Waals surface area contributed by atoms with E-state index >= 15 is 0 Å². The molecular formula is C25H20FN3O2S. The molecule has 7 heteroatoms. The standard InChI is InChI=1S/C25H20FN3O2S/c1-2-22-25(30)29(14-17-7-3-4-8-18(17)26)21-13-16(10-11-23(21)31-22)20-15-32-24(28-20)19-9-5-6-12-27-19/h3-13,15,22H,2,14H2,1H3. The Morgan fingerprint density at radius 2 is 1.94 bits per heavy atom. The van der Waals surface area contributed by atoms with Gasteiger partial charge in [-0.25, -0.2) is 9.37 Å². The van der Waals surface area contributed by atoms with E-state index in [-0.39, 0.29) is 18.3 Å². The van der Waals surface area contributed by atoms with E-state index in [0.717, 1.165) is 22.0 Å².